The summed E-state index contributed by atoms with van der Waals surface area (Å²) in [5.41, 5.74) is 0. The Balaban J connectivity index is 1.86. The number of carbonyl (C=O) groups excluding carboxylic acids is 1. The fraction of sp³-hybridized carbons (Fsp3) is 0.417. The van der Waals surface area contributed by atoms with Gasteiger partial charge >= 0.3 is 0 Å². The second-order valence-electron chi connectivity index (χ2n) is 4.24. The van der Waals surface area contributed by atoms with E-state index in [-0.39, 0.29) is 18.3 Å². The fourth-order valence-electron chi connectivity index (χ4n) is 1.41. The second-order valence-corrected chi connectivity index (χ2v) is 5.15. The molecule has 0 atom stereocenters. The Labute approximate surface area is 112 Å². The molecule has 18 heavy (non-hydrogen) atoms. The number of halogens is 3. The summed E-state index contributed by atoms with van der Waals surface area (Å²) in [6.07, 6.45) is 2.26. The van der Waals surface area contributed by atoms with Gasteiger partial charge in [0.15, 0.2) is 18.2 Å². The molecule has 0 spiro atoms. The van der Waals surface area contributed by atoms with Crippen LogP contribution in [0.3, 0.4) is 0 Å². The molecule has 1 aliphatic carbocycles. The number of rotatable bonds is 5. The Hall–Kier alpha value is -1.17. The maximum atomic E-state index is 13.3. The molecule has 0 aromatic heterocycles. The lowest BCUT2D eigenvalue weighted by Gasteiger charge is -2.08. The summed E-state index contributed by atoms with van der Waals surface area (Å²) in [5.74, 6) is -2.15. The summed E-state index contributed by atoms with van der Waals surface area (Å²) in [4.78, 5) is 11.4. The number of carbonyl (C=O) groups is 1. The summed E-state index contributed by atoms with van der Waals surface area (Å²) in [7, 11) is 0. The van der Waals surface area contributed by atoms with Crippen molar-refractivity contribution in [3.8, 4) is 5.75 Å². The van der Waals surface area contributed by atoms with Crippen LogP contribution < -0.4 is 10.1 Å². The lowest BCUT2D eigenvalue weighted by molar-refractivity contribution is -0.123. The lowest BCUT2D eigenvalue weighted by atomic mass is 10.3. The van der Waals surface area contributed by atoms with Crippen LogP contribution in [0, 0.1) is 17.6 Å². The largest absolute Gasteiger partial charge is 0.481 e. The molecule has 1 amide bonds. The molecule has 0 aliphatic heterocycles. The molecule has 1 saturated carbocycles. The van der Waals surface area contributed by atoms with E-state index in [0.29, 0.717) is 16.9 Å². The minimum Gasteiger partial charge on any atom is -0.481 e. The van der Waals surface area contributed by atoms with E-state index in [2.05, 4.69) is 21.2 Å². The minimum atomic E-state index is -1.09. The van der Waals surface area contributed by atoms with Gasteiger partial charge in [-0.2, -0.15) is 4.39 Å². The molecule has 0 bridgehead atoms. The number of nitrogens with one attached hydrogen (secondary N) is 1. The van der Waals surface area contributed by atoms with Crippen molar-refractivity contribution in [2.45, 2.75) is 12.8 Å². The molecule has 1 N–H and O–H groups in total. The van der Waals surface area contributed by atoms with Crippen LogP contribution in [-0.4, -0.2) is 19.1 Å². The quantitative estimate of drug-likeness (QED) is 0.847. The van der Waals surface area contributed by atoms with Gasteiger partial charge in [0, 0.05) is 11.0 Å². The average Bonchev–Trinajstić information content (AvgIpc) is 3.13. The zero-order chi connectivity index (χ0) is 13.1. The van der Waals surface area contributed by atoms with Crippen LogP contribution in [0.15, 0.2) is 16.6 Å². The van der Waals surface area contributed by atoms with Crippen LogP contribution >= 0.6 is 15.9 Å². The monoisotopic (exact) mass is 319 g/mol. The molecule has 98 valence electrons. The summed E-state index contributed by atoms with van der Waals surface area (Å²) in [6.45, 7) is 0.303. The molecular formula is C12H12BrF2NO2. The Morgan fingerprint density at radius 1 is 1.44 bits per heavy atom. The van der Waals surface area contributed by atoms with Gasteiger partial charge in [-0.1, -0.05) is 15.9 Å². The SMILES string of the molecule is O=C(COc1cc(Br)cc(F)c1F)NCC1CC1. The maximum absolute atomic E-state index is 13.3. The van der Waals surface area contributed by atoms with E-state index in [1.54, 1.807) is 0 Å². The van der Waals surface area contributed by atoms with Crippen molar-refractivity contribution < 1.29 is 18.3 Å². The number of hydrogen-bond donors (Lipinski definition) is 1. The standard InChI is InChI=1S/C12H12BrF2NO2/c13-8-3-9(14)12(15)10(4-8)18-6-11(17)16-5-7-1-2-7/h3-4,7H,1-2,5-6H2,(H,16,17). The highest BCUT2D eigenvalue weighted by Gasteiger charge is 2.21. The summed E-state index contributed by atoms with van der Waals surface area (Å²) < 4.78 is 31.7. The number of hydrogen-bond acceptors (Lipinski definition) is 2. The number of amides is 1. The average molecular weight is 320 g/mol. The van der Waals surface area contributed by atoms with E-state index in [1.165, 1.54) is 6.07 Å². The molecule has 2 rings (SSSR count). The van der Waals surface area contributed by atoms with Gasteiger partial charge in [0.2, 0.25) is 5.82 Å². The van der Waals surface area contributed by atoms with Gasteiger partial charge in [-0.25, -0.2) is 4.39 Å². The van der Waals surface area contributed by atoms with Crippen molar-refractivity contribution in [1.29, 1.82) is 0 Å². The highest BCUT2D eigenvalue weighted by Crippen LogP contribution is 2.27. The van der Waals surface area contributed by atoms with E-state index in [1.807, 2.05) is 0 Å². The van der Waals surface area contributed by atoms with Gasteiger partial charge in [0.1, 0.15) is 0 Å². The Kier molecular flexibility index (Phi) is 4.16. The van der Waals surface area contributed by atoms with E-state index < -0.39 is 11.6 Å². The van der Waals surface area contributed by atoms with Crippen LogP contribution in [0.4, 0.5) is 8.78 Å². The zero-order valence-electron chi connectivity index (χ0n) is 9.51. The minimum absolute atomic E-state index is 0.275. The van der Waals surface area contributed by atoms with Crippen molar-refractivity contribution in [2.24, 2.45) is 5.92 Å². The zero-order valence-corrected chi connectivity index (χ0v) is 11.1. The van der Waals surface area contributed by atoms with Crippen molar-refractivity contribution >= 4 is 21.8 Å². The number of ether oxygens (including phenoxy) is 1. The van der Waals surface area contributed by atoms with E-state index in [4.69, 9.17) is 4.74 Å². The predicted molar refractivity (Wildman–Crippen MR) is 65.3 cm³/mol. The van der Waals surface area contributed by atoms with E-state index >= 15 is 0 Å². The van der Waals surface area contributed by atoms with Gasteiger partial charge in [-0.3, -0.25) is 4.79 Å². The van der Waals surface area contributed by atoms with Crippen LogP contribution in [0.1, 0.15) is 12.8 Å². The van der Waals surface area contributed by atoms with Crippen molar-refractivity contribution in [1.82, 2.24) is 5.32 Å². The van der Waals surface area contributed by atoms with Crippen LogP contribution in [0.2, 0.25) is 0 Å². The highest BCUT2D eigenvalue weighted by molar-refractivity contribution is 9.10. The fourth-order valence-corrected chi connectivity index (χ4v) is 1.82. The topological polar surface area (TPSA) is 38.3 Å². The molecule has 1 aliphatic rings. The molecule has 0 saturated heterocycles. The van der Waals surface area contributed by atoms with Gasteiger partial charge in [0.05, 0.1) is 0 Å². The Morgan fingerprint density at radius 3 is 2.83 bits per heavy atom. The molecule has 6 heteroatoms. The predicted octanol–water partition coefficient (Wildman–Crippen LogP) is 2.63. The normalized spacial score (nSPS) is 14.4. The first-order chi connectivity index (χ1) is 8.56. The molecular weight excluding hydrogens is 308 g/mol. The highest BCUT2D eigenvalue weighted by atomic mass is 79.9. The van der Waals surface area contributed by atoms with Gasteiger partial charge in [-0.15, -0.1) is 0 Å². The van der Waals surface area contributed by atoms with E-state index in [9.17, 15) is 13.6 Å². The molecule has 1 fully saturated rings. The van der Waals surface area contributed by atoms with Gasteiger partial charge in [0.25, 0.3) is 5.91 Å². The van der Waals surface area contributed by atoms with Crippen LogP contribution in [0.25, 0.3) is 0 Å². The first kappa shape index (κ1) is 13.3. The third kappa shape index (κ3) is 3.66. The first-order valence-electron chi connectivity index (χ1n) is 5.60. The Bertz CT molecular complexity index is 464. The third-order valence-electron chi connectivity index (χ3n) is 2.60. The molecule has 0 heterocycles. The summed E-state index contributed by atoms with van der Waals surface area (Å²) in [6, 6.07) is 2.28. The molecule has 0 radical (unpaired) electrons. The van der Waals surface area contributed by atoms with Crippen LogP contribution in [0.5, 0.6) is 5.75 Å². The maximum Gasteiger partial charge on any atom is 0.257 e. The molecule has 0 unspecified atom stereocenters. The lowest BCUT2D eigenvalue weighted by Crippen LogP contribution is -2.30. The van der Waals surface area contributed by atoms with Crippen molar-refractivity contribution in [3.05, 3.63) is 28.2 Å². The van der Waals surface area contributed by atoms with Crippen LogP contribution in [-0.2, 0) is 4.79 Å². The van der Waals surface area contributed by atoms with Gasteiger partial charge in [-0.05, 0) is 30.9 Å². The van der Waals surface area contributed by atoms with E-state index in [0.717, 1.165) is 18.9 Å². The summed E-state index contributed by atoms with van der Waals surface area (Å²) in [5, 5.41) is 2.67. The second kappa shape index (κ2) is 5.65. The first-order valence-corrected chi connectivity index (χ1v) is 6.39. The summed E-state index contributed by atoms with van der Waals surface area (Å²) >= 11 is 3.03. The smallest absolute Gasteiger partial charge is 0.257 e. The molecule has 1 aromatic carbocycles. The number of benzene rings is 1. The van der Waals surface area contributed by atoms with Gasteiger partial charge < -0.3 is 10.1 Å². The van der Waals surface area contributed by atoms with Crippen molar-refractivity contribution in [2.75, 3.05) is 13.2 Å². The third-order valence-corrected chi connectivity index (χ3v) is 3.06. The molecule has 3 nitrogen and oxygen atoms in total. The van der Waals surface area contributed by atoms with Crippen molar-refractivity contribution in [3.63, 3.8) is 0 Å². The Morgan fingerprint density at radius 2 is 2.17 bits per heavy atom. The molecule has 1 aromatic rings.